The number of hydrazine groups is 1. The molecule has 30 heavy (non-hydrogen) atoms. The van der Waals surface area contributed by atoms with Crippen LogP contribution in [-0.4, -0.2) is 22.5 Å². The maximum atomic E-state index is 12.0. The number of benzene rings is 2. The van der Waals surface area contributed by atoms with Crippen molar-refractivity contribution in [2.24, 2.45) is 0 Å². The van der Waals surface area contributed by atoms with E-state index in [0.29, 0.717) is 21.5 Å². The van der Waals surface area contributed by atoms with Crippen molar-refractivity contribution < 1.29 is 14.3 Å². The molecule has 0 aliphatic rings. The number of nitrogens with two attached hydrogens (primary N) is 1. The van der Waals surface area contributed by atoms with Crippen LogP contribution >= 0.6 is 23.2 Å². The van der Waals surface area contributed by atoms with Gasteiger partial charge in [0.15, 0.2) is 12.4 Å². The lowest BCUT2D eigenvalue weighted by Gasteiger charge is -2.13. The summed E-state index contributed by atoms with van der Waals surface area (Å²) in [6, 6.07) is 10.3. The molecular weight excluding hydrogens is 429 g/mol. The molecule has 1 aromatic heterocycles. The van der Waals surface area contributed by atoms with Crippen molar-refractivity contribution in [1.29, 1.82) is 0 Å². The fourth-order valence-electron chi connectivity index (χ4n) is 2.35. The summed E-state index contributed by atoms with van der Waals surface area (Å²) in [4.78, 5) is 20.1. The SMILES string of the molecule is Cc1ccc(Oc2ncnc(NNC(=O)COc3ccc(Cl)cc3Cl)c2N)cc1C. The maximum absolute atomic E-state index is 12.0. The van der Waals surface area contributed by atoms with Gasteiger partial charge in [-0.25, -0.2) is 4.98 Å². The number of rotatable bonds is 7. The quantitative estimate of drug-likeness (QED) is 0.462. The summed E-state index contributed by atoms with van der Waals surface area (Å²) in [5.74, 6) is 0.792. The number of carbonyl (C=O) groups excluding carboxylic acids is 1. The number of nitrogens with zero attached hydrogens (tertiary/aromatic N) is 2. The molecule has 10 heteroatoms. The van der Waals surface area contributed by atoms with Crippen molar-refractivity contribution >= 4 is 40.6 Å². The topological polar surface area (TPSA) is 111 Å². The Balaban J connectivity index is 1.59. The molecule has 0 atom stereocenters. The Labute approximate surface area is 183 Å². The lowest BCUT2D eigenvalue weighted by Crippen LogP contribution is -2.34. The number of ether oxygens (including phenoxy) is 2. The zero-order valence-electron chi connectivity index (χ0n) is 16.2. The number of nitrogen functional groups attached to an aromatic ring is 1. The van der Waals surface area contributed by atoms with Crippen LogP contribution in [0.25, 0.3) is 0 Å². The summed E-state index contributed by atoms with van der Waals surface area (Å²) >= 11 is 11.8. The average molecular weight is 448 g/mol. The second-order valence-electron chi connectivity index (χ2n) is 6.33. The Hall–Kier alpha value is -3.23. The van der Waals surface area contributed by atoms with Crippen LogP contribution in [0.2, 0.25) is 10.0 Å². The van der Waals surface area contributed by atoms with Gasteiger partial charge in [-0.3, -0.25) is 15.6 Å². The van der Waals surface area contributed by atoms with Crippen molar-refractivity contribution in [3.63, 3.8) is 0 Å². The van der Waals surface area contributed by atoms with E-state index >= 15 is 0 Å². The summed E-state index contributed by atoms with van der Waals surface area (Å²) in [6.07, 6.45) is 1.27. The van der Waals surface area contributed by atoms with E-state index in [2.05, 4.69) is 20.8 Å². The molecule has 8 nitrogen and oxygen atoms in total. The predicted molar refractivity (Wildman–Crippen MR) is 116 cm³/mol. The second-order valence-corrected chi connectivity index (χ2v) is 7.17. The van der Waals surface area contributed by atoms with E-state index in [9.17, 15) is 4.79 Å². The van der Waals surface area contributed by atoms with Crippen molar-refractivity contribution in [2.45, 2.75) is 13.8 Å². The standard InChI is InChI=1S/C20H19Cl2N5O3/c1-11-3-5-14(7-12(11)2)30-20-18(23)19(24-10-25-20)27-26-17(28)9-29-16-6-4-13(21)8-15(16)22/h3-8,10H,9,23H2,1-2H3,(H,26,28)(H,24,25,27). The molecule has 156 valence electrons. The summed E-state index contributed by atoms with van der Waals surface area (Å²) in [5, 5.41) is 0.771. The summed E-state index contributed by atoms with van der Waals surface area (Å²) in [6.45, 7) is 3.70. The maximum Gasteiger partial charge on any atom is 0.276 e. The number of hydrogen-bond acceptors (Lipinski definition) is 7. The number of halogens is 2. The normalized spacial score (nSPS) is 10.4. The molecule has 0 spiro atoms. The van der Waals surface area contributed by atoms with Gasteiger partial charge in [-0.05, 0) is 55.3 Å². The van der Waals surface area contributed by atoms with Crippen molar-refractivity contribution in [3.05, 3.63) is 63.9 Å². The van der Waals surface area contributed by atoms with E-state index in [4.69, 9.17) is 38.4 Å². The van der Waals surface area contributed by atoms with Gasteiger partial charge >= 0.3 is 0 Å². The van der Waals surface area contributed by atoms with Gasteiger partial charge in [-0.2, -0.15) is 4.98 Å². The van der Waals surface area contributed by atoms with Gasteiger partial charge in [0.1, 0.15) is 23.5 Å². The molecule has 0 fully saturated rings. The molecule has 4 N–H and O–H groups in total. The molecule has 0 aliphatic heterocycles. The zero-order chi connectivity index (χ0) is 21.7. The van der Waals surface area contributed by atoms with Crippen molar-refractivity contribution in [2.75, 3.05) is 17.8 Å². The summed E-state index contributed by atoms with van der Waals surface area (Å²) < 4.78 is 11.1. The van der Waals surface area contributed by atoms with Gasteiger partial charge < -0.3 is 15.2 Å². The molecule has 2 aromatic carbocycles. The number of carbonyl (C=O) groups is 1. The Kier molecular flexibility index (Phi) is 6.81. The lowest BCUT2D eigenvalue weighted by molar-refractivity contribution is -0.122. The number of nitrogens with one attached hydrogen (secondary N) is 2. The second kappa shape index (κ2) is 9.51. The van der Waals surface area contributed by atoms with Gasteiger partial charge in [0.25, 0.3) is 5.91 Å². The Morgan fingerprint density at radius 1 is 1.10 bits per heavy atom. The molecule has 3 aromatic rings. The van der Waals surface area contributed by atoms with E-state index < -0.39 is 5.91 Å². The Bertz CT molecular complexity index is 1080. The fourth-order valence-corrected chi connectivity index (χ4v) is 2.81. The van der Waals surface area contributed by atoms with Gasteiger partial charge in [-0.1, -0.05) is 29.3 Å². The molecule has 0 radical (unpaired) electrons. The fraction of sp³-hybridized carbons (Fsp3) is 0.150. The van der Waals surface area contributed by atoms with Crippen LogP contribution in [0.1, 0.15) is 11.1 Å². The van der Waals surface area contributed by atoms with Crippen LogP contribution in [0.3, 0.4) is 0 Å². The van der Waals surface area contributed by atoms with E-state index in [1.54, 1.807) is 12.1 Å². The molecular formula is C20H19Cl2N5O3. The van der Waals surface area contributed by atoms with Crippen LogP contribution in [0.15, 0.2) is 42.7 Å². The minimum atomic E-state index is -0.476. The molecule has 3 rings (SSSR count). The van der Waals surface area contributed by atoms with E-state index in [1.807, 2.05) is 32.0 Å². The molecule has 0 saturated carbocycles. The van der Waals surface area contributed by atoms with Crippen LogP contribution in [0.4, 0.5) is 11.5 Å². The summed E-state index contributed by atoms with van der Waals surface area (Å²) in [5.41, 5.74) is 13.5. The van der Waals surface area contributed by atoms with E-state index in [0.717, 1.165) is 11.1 Å². The smallest absolute Gasteiger partial charge is 0.276 e. The Morgan fingerprint density at radius 3 is 2.63 bits per heavy atom. The number of amides is 1. The first kappa shape index (κ1) is 21.5. The van der Waals surface area contributed by atoms with Gasteiger partial charge in [0.2, 0.25) is 5.88 Å². The molecule has 1 heterocycles. The number of anilines is 2. The summed E-state index contributed by atoms with van der Waals surface area (Å²) in [7, 11) is 0. The highest BCUT2D eigenvalue weighted by Crippen LogP contribution is 2.30. The third-order valence-corrected chi connectivity index (χ3v) is 4.64. The van der Waals surface area contributed by atoms with Crippen LogP contribution in [0, 0.1) is 13.8 Å². The van der Waals surface area contributed by atoms with Crippen LogP contribution < -0.4 is 26.1 Å². The number of aryl methyl sites for hydroxylation is 2. The van der Waals surface area contributed by atoms with Crippen LogP contribution in [0.5, 0.6) is 17.4 Å². The van der Waals surface area contributed by atoms with Gasteiger partial charge in [0.05, 0.1) is 5.02 Å². The van der Waals surface area contributed by atoms with Gasteiger partial charge in [0, 0.05) is 5.02 Å². The highest BCUT2D eigenvalue weighted by Gasteiger charge is 2.12. The third-order valence-electron chi connectivity index (χ3n) is 4.11. The highest BCUT2D eigenvalue weighted by molar-refractivity contribution is 6.35. The Morgan fingerprint density at radius 2 is 1.90 bits per heavy atom. The molecule has 0 aliphatic carbocycles. The monoisotopic (exact) mass is 447 g/mol. The zero-order valence-corrected chi connectivity index (χ0v) is 17.7. The van der Waals surface area contributed by atoms with Crippen molar-refractivity contribution in [1.82, 2.24) is 15.4 Å². The van der Waals surface area contributed by atoms with E-state index in [1.165, 1.54) is 12.4 Å². The van der Waals surface area contributed by atoms with E-state index in [-0.39, 0.29) is 24.0 Å². The molecule has 0 bridgehead atoms. The first-order chi connectivity index (χ1) is 14.3. The first-order valence-corrected chi connectivity index (χ1v) is 9.57. The lowest BCUT2D eigenvalue weighted by atomic mass is 10.1. The first-order valence-electron chi connectivity index (χ1n) is 8.82. The molecule has 0 saturated heterocycles. The predicted octanol–water partition coefficient (Wildman–Crippen LogP) is 4.30. The average Bonchev–Trinajstić information content (AvgIpc) is 2.70. The third kappa shape index (κ3) is 5.43. The number of hydrogen-bond donors (Lipinski definition) is 3. The minimum absolute atomic E-state index is 0.137. The van der Waals surface area contributed by atoms with Crippen molar-refractivity contribution in [3.8, 4) is 17.4 Å². The van der Waals surface area contributed by atoms with Gasteiger partial charge in [-0.15, -0.1) is 0 Å². The minimum Gasteiger partial charge on any atom is -0.482 e. The number of aromatic nitrogens is 2. The molecule has 1 amide bonds. The molecule has 0 unspecified atom stereocenters. The largest absolute Gasteiger partial charge is 0.482 e. The van der Waals surface area contributed by atoms with Crippen LogP contribution in [-0.2, 0) is 4.79 Å². The highest BCUT2D eigenvalue weighted by atomic mass is 35.5.